The number of rotatable bonds is 5. The molecule has 1 aromatic heterocycles. The Bertz CT molecular complexity index is 585. The average molecular weight is 271 g/mol. The van der Waals surface area contributed by atoms with E-state index >= 15 is 0 Å². The van der Waals surface area contributed by atoms with Crippen molar-refractivity contribution >= 4 is 11.6 Å². The van der Waals surface area contributed by atoms with E-state index in [1.807, 2.05) is 36.1 Å². The molecule has 5 heteroatoms. The fourth-order valence-corrected chi connectivity index (χ4v) is 1.92. The molecule has 3 N–H and O–H groups in total. The topological polar surface area (TPSA) is 68.2 Å². The van der Waals surface area contributed by atoms with Crippen molar-refractivity contribution in [2.24, 2.45) is 10.7 Å². The quantitative estimate of drug-likeness (QED) is 0.647. The fraction of sp³-hybridized carbons (Fsp3) is 0.333. The van der Waals surface area contributed by atoms with Gasteiger partial charge in [-0.1, -0.05) is 19.1 Å². The zero-order valence-electron chi connectivity index (χ0n) is 12.0. The first-order chi connectivity index (χ1) is 9.67. The van der Waals surface area contributed by atoms with Gasteiger partial charge in [-0.25, -0.2) is 0 Å². The van der Waals surface area contributed by atoms with E-state index in [1.165, 1.54) is 5.56 Å². The zero-order chi connectivity index (χ0) is 14.4. The van der Waals surface area contributed by atoms with Crippen LogP contribution in [0.4, 0.5) is 5.69 Å². The van der Waals surface area contributed by atoms with Crippen molar-refractivity contribution < 1.29 is 0 Å². The van der Waals surface area contributed by atoms with E-state index in [-0.39, 0.29) is 0 Å². The zero-order valence-corrected chi connectivity index (χ0v) is 12.0. The minimum absolute atomic E-state index is 0.433. The van der Waals surface area contributed by atoms with Crippen molar-refractivity contribution in [2.45, 2.75) is 26.8 Å². The molecule has 0 radical (unpaired) electrons. The van der Waals surface area contributed by atoms with E-state index in [0.717, 1.165) is 24.2 Å². The molecule has 2 rings (SSSR count). The van der Waals surface area contributed by atoms with Crippen LogP contribution in [0.25, 0.3) is 0 Å². The molecule has 1 heterocycles. The molecular formula is C15H21N5. The molecule has 0 unspecified atom stereocenters. The Morgan fingerprint density at radius 1 is 1.45 bits per heavy atom. The maximum Gasteiger partial charge on any atom is 0.193 e. The van der Waals surface area contributed by atoms with Crippen molar-refractivity contribution in [1.29, 1.82) is 0 Å². The fourth-order valence-electron chi connectivity index (χ4n) is 1.92. The molecule has 1 aromatic carbocycles. The number of benzene rings is 1. The largest absolute Gasteiger partial charge is 0.370 e. The molecule has 0 aliphatic carbocycles. The first-order valence-electron chi connectivity index (χ1n) is 6.82. The predicted octanol–water partition coefficient (Wildman–Crippen LogP) is 2.18. The summed E-state index contributed by atoms with van der Waals surface area (Å²) in [7, 11) is 0. The van der Waals surface area contributed by atoms with Crippen LogP contribution in [-0.2, 0) is 13.0 Å². The van der Waals surface area contributed by atoms with Crippen LogP contribution < -0.4 is 11.1 Å². The summed E-state index contributed by atoms with van der Waals surface area (Å²) < 4.78 is 1.86. The molecule has 0 bridgehead atoms. The van der Waals surface area contributed by atoms with E-state index < -0.39 is 0 Å². The van der Waals surface area contributed by atoms with E-state index in [1.54, 1.807) is 0 Å². The van der Waals surface area contributed by atoms with Crippen LogP contribution in [0.3, 0.4) is 0 Å². The Hall–Kier alpha value is -2.30. The van der Waals surface area contributed by atoms with Gasteiger partial charge in [-0.3, -0.25) is 9.67 Å². The van der Waals surface area contributed by atoms with Gasteiger partial charge in [0.1, 0.15) is 0 Å². The van der Waals surface area contributed by atoms with Gasteiger partial charge in [0, 0.05) is 11.9 Å². The summed E-state index contributed by atoms with van der Waals surface area (Å²) in [5.41, 5.74) is 9.27. The lowest BCUT2D eigenvalue weighted by Gasteiger charge is -2.07. The van der Waals surface area contributed by atoms with Gasteiger partial charge in [0.2, 0.25) is 0 Å². The van der Waals surface area contributed by atoms with E-state index in [9.17, 15) is 0 Å². The van der Waals surface area contributed by atoms with Crippen molar-refractivity contribution in [3.63, 3.8) is 0 Å². The Balaban J connectivity index is 1.87. The molecule has 0 fully saturated rings. The molecule has 20 heavy (non-hydrogen) atoms. The SMILES string of the molecule is CCc1cccc(NC(N)=NCCn2cc(C)cn2)c1. The van der Waals surface area contributed by atoms with Crippen molar-refractivity contribution in [2.75, 3.05) is 11.9 Å². The average Bonchev–Trinajstić information content (AvgIpc) is 2.84. The molecule has 0 spiro atoms. The highest BCUT2D eigenvalue weighted by atomic mass is 15.3. The number of anilines is 1. The molecule has 106 valence electrons. The number of aryl methyl sites for hydroxylation is 2. The normalized spacial score (nSPS) is 11.6. The third-order valence-electron chi connectivity index (χ3n) is 2.98. The van der Waals surface area contributed by atoms with Crippen LogP contribution in [0.2, 0.25) is 0 Å². The number of nitrogens with one attached hydrogen (secondary N) is 1. The van der Waals surface area contributed by atoms with Gasteiger partial charge >= 0.3 is 0 Å². The van der Waals surface area contributed by atoms with Crippen LogP contribution in [0.1, 0.15) is 18.1 Å². The first kappa shape index (κ1) is 14.1. The van der Waals surface area contributed by atoms with Gasteiger partial charge in [0.15, 0.2) is 5.96 Å². The van der Waals surface area contributed by atoms with Gasteiger partial charge in [-0.2, -0.15) is 5.10 Å². The minimum atomic E-state index is 0.433. The second-order valence-electron chi connectivity index (χ2n) is 4.73. The molecular weight excluding hydrogens is 250 g/mol. The van der Waals surface area contributed by atoms with Crippen molar-refractivity contribution in [1.82, 2.24) is 9.78 Å². The van der Waals surface area contributed by atoms with E-state index in [2.05, 4.69) is 34.5 Å². The van der Waals surface area contributed by atoms with E-state index in [0.29, 0.717) is 12.5 Å². The third-order valence-corrected chi connectivity index (χ3v) is 2.98. The summed E-state index contributed by atoms with van der Waals surface area (Å²) >= 11 is 0. The number of aromatic nitrogens is 2. The Kier molecular flexibility index (Phi) is 4.76. The highest BCUT2D eigenvalue weighted by Crippen LogP contribution is 2.10. The van der Waals surface area contributed by atoms with Crippen molar-refractivity contribution in [3.8, 4) is 0 Å². The standard InChI is InChI=1S/C15H21N5/c1-3-13-5-4-6-14(9-13)19-15(16)17-7-8-20-11-12(2)10-18-20/h4-6,9-11H,3,7-8H2,1-2H3,(H3,16,17,19). The minimum Gasteiger partial charge on any atom is -0.370 e. The van der Waals surface area contributed by atoms with Crippen molar-refractivity contribution in [3.05, 3.63) is 47.8 Å². The van der Waals surface area contributed by atoms with Crippen LogP contribution >= 0.6 is 0 Å². The molecule has 5 nitrogen and oxygen atoms in total. The van der Waals surface area contributed by atoms with Crippen LogP contribution in [0, 0.1) is 6.92 Å². The number of hydrogen-bond donors (Lipinski definition) is 2. The summed E-state index contributed by atoms with van der Waals surface area (Å²) in [6, 6.07) is 8.18. The lowest BCUT2D eigenvalue weighted by molar-refractivity contribution is 0.625. The molecule has 2 aromatic rings. The maximum atomic E-state index is 5.88. The Morgan fingerprint density at radius 2 is 2.30 bits per heavy atom. The lowest BCUT2D eigenvalue weighted by atomic mass is 10.1. The van der Waals surface area contributed by atoms with Gasteiger partial charge < -0.3 is 11.1 Å². The molecule has 0 aliphatic heterocycles. The molecule has 0 aliphatic rings. The molecule has 0 atom stereocenters. The predicted molar refractivity (Wildman–Crippen MR) is 82.9 cm³/mol. The smallest absolute Gasteiger partial charge is 0.193 e. The first-order valence-corrected chi connectivity index (χ1v) is 6.82. The van der Waals surface area contributed by atoms with Gasteiger partial charge in [0.25, 0.3) is 0 Å². The molecule has 0 saturated carbocycles. The van der Waals surface area contributed by atoms with Gasteiger partial charge in [-0.15, -0.1) is 0 Å². The summed E-state index contributed by atoms with van der Waals surface area (Å²) in [5, 5.41) is 7.31. The number of aliphatic imine (C=N–C) groups is 1. The van der Waals surface area contributed by atoms with Crippen LogP contribution in [-0.4, -0.2) is 22.3 Å². The summed E-state index contributed by atoms with van der Waals surface area (Å²) in [6.45, 7) is 5.48. The number of guanidine groups is 1. The molecule has 0 saturated heterocycles. The number of nitrogens with two attached hydrogens (primary N) is 1. The van der Waals surface area contributed by atoms with Gasteiger partial charge in [0.05, 0.1) is 19.3 Å². The summed E-state index contributed by atoms with van der Waals surface area (Å²) in [5.74, 6) is 0.433. The number of hydrogen-bond acceptors (Lipinski definition) is 2. The third kappa shape index (κ3) is 4.12. The highest BCUT2D eigenvalue weighted by Gasteiger charge is 1.97. The van der Waals surface area contributed by atoms with Gasteiger partial charge in [-0.05, 0) is 36.6 Å². The second kappa shape index (κ2) is 6.75. The number of nitrogens with zero attached hydrogens (tertiary/aromatic N) is 3. The second-order valence-corrected chi connectivity index (χ2v) is 4.73. The Labute approximate surface area is 119 Å². The van der Waals surface area contributed by atoms with Crippen LogP contribution in [0.15, 0.2) is 41.7 Å². The molecule has 0 amide bonds. The Morgan fingerprint density at radius 3 is 3.00 bits per heavy atom. The highest BCUT2D eigenvalue weighted by molar-refractivity contribution is 5.92. The van der Waals surface area contributed by atoms with E-state index in [4.69, 9.17) is 5.73 Å². The maximum absolute atomic E-state index is 5.88. The monoisotopic (exact) mass is 271 g/mol. The summed E-state index contributed by atoms with van der Waals surface area (Å²) in [4.78, 5) is 4.30. The lowest BCUT2D eigenvalue weighted by Crippen LogP contribution is -2.23. The summed E-state index contributed by atoms with van der Waals surface area (Å²) in [6.07, 6.45) is 4.83. The van der Waals surface area contributed by atoms with Crippen LogP contribution in [0.5, 0.6) is 0 Å².